The molecular weight excluding hydrogens is 530 g/mol. The zero-order valence-corrected chi connectivity index (χ0v) is 24.4. The maximum absolute atomic E-state index is 8.93. The lowest BCUT2D eigenvalue weighted by Crippen LogP contribution is -2.48. The van der Waals surface area contributed by atoms with Gasteiger partial charge < -0.3 is 29.4 Å². The summed E-state index contributed by atoms with van der Waals surface area (Å²) in [5, 5.41) is 12.5. The summed E-state index contributed by atoms with van der Waals surface area (Å²) in [6.45, 7) is 6.15. The summed E-state index contributed by atoms with van der Waals surface area (Å²) in [4.78, 5) is 19.6. The van der Waals surface area contributed by atoms with Gasteiger partial charge in [0, 0.05) is 50.9 Å². The zero-order chi connectivity index (χ0) is 28.7. The fraction of sp³-hybridized carbons (Fsp3) is 0.469. The third-order valence-corrected chi connectivity index (χ3v) is 8.40. The van der Waals surface area contributed by atoms with E-state index < -0.39 is 0 Å². The van der Waals surface area contributed by atoms with Crippen LogP contribution in [-0.4, -0.2) is 89.2 Å². The molecule has 0 bridgehead atoms. The second-order valence-corrected chi connectivity index (χ2v) is 11.0. The number of aliphatic hydroxyl groups excluding tert-OH is 1. The number of hydrogen-bond acceptors (Lipinski definition) is 9. The number of benzene rings is 2. The quantitative estimate of drug-likeness (QED) is 0.240. The Morgan fingerprint density at radius 1 is 0.952 bits per heavy atom. The third-order valence-electron chi connectivity index (χ3n) is 8.40. The van der Waals surface area contributed by atoms with Gasteiger partial charge in [-0.1, -0.05) is 55.3 Å². The number of aromatic nitrogens is 4. The van der Waals surface area contributed by atoms with Gasteiger partial charge in [0.1, 0.15) is 5.75 Å². The predicted octanol–water partition coefficient (Wildman–Crippen LogP) is 4.36. The Balaban J connectivity index is 1.20. The lowest BCUT2D eigenvalue weighted by Gasteiger charge is -2.34. The first-order valence-electron chi connectivity index (χ1n) is 15.1. The minimum atomic E-state index is 0.0651. The fourth-order valence-electron chi connectivity index (χ4n) is 6.02. The first kappa shape index (κ1) is 28.4. The van der Waals surface area contributed by atoms with Gasteiger partial charge in [0.15, 0.2) is 17.0 Å². The Morgan fingerprint density at radius 2 is 1.74 bits per heavy atom. The van der Waals surface area contributed by atoms with Crippen LogP contribution >= 0.6 is 0 Å². The van der Waals surface area contributed by atoms with Crippen LogP contribution in [0.25, 0.3) is 22.3 Å². The van der Waals surface area contributed by atoms with Crippen LogP contribution in [0.1, 0.15) is 37.3 Å². The number of rotatable bonds is 12. The monoisotopic (exact) mass is 571 g/mol. The van der Waals surface area contributed by atoms with Gasteiger partial charge in [-0.15, -0.1) is 0 Å². The molecule has 2 fully saturated rings. The minimum Gasteiger partial charge on any atom is -0.496 e. The van der Waals surface area contributed by atoms with Crippen molar-refractivity contribution in [3.8, 4) is 16.9 Å². The Labute approximate surface area is 247 Å². The standard InChI is InChI=1S/C32H41N7O3/c1-41-28-9-5-4-8-27(28)25-12-10-24(11-13-25)22-33-30-29-31(39(23-34-29)26-6-2-3-7-26)36-32(35-30)38-16-14-37(15-17-38)18-20-42-21-19-40/h4-5,8-13,23,26,40H,2-3,6-7,14-22H2,1H3,(H,33,35,36). The van der Waals surface area contributed by atoms with Crippen LogP contribution in [0.15, 0.2) is 54.9 Å². The molecule has 1 aliphatic carbocycles. The molecule has 2 aromatic heterocycles. The highest BCUT2D eigenvalue weighted by Crippen LogP contribution is 2.34. The summed E-state index contributed by atoms with van der Waals surface area (Å²) >= 11 is 0. The highest BCUT2D eigenvalue weighted by Gasteiger charge is 2.25. The molecule has 1 aliphatic heterocycles. The molecule has 1 saturated heterocycles. The Morgan fingerprint density at radius 3 is 2.50 bits per heavy atom. The van der Waals surface area contributed by atoms with E-state index in [1.54, 1.807) is 7.11 Å². The first-order valence-corrected chi connectivity index (χ1v) is 15.1. The number of nitrogens with zero attached hydrogens (tertiary/aromatic N) is 6. The number of piperazine rings is 1. The van der Waals surface area contributed by atoms with Crippen molar-refractivity contribution in [3.63, 3.8) is 0 Å². The first-order chi connectivity index (χ1) is 20.7. The van der Waals surface area contributed by atoms with Crippen LogP contribution in [0.4, 0.5) is 11.8 Å². The van der Waals surface area contributed by atoms with E-state index in [0.717, 1.165) is 78.1 Å². The topological polar surface area (TPSA) is 101 Å². The van der Waals surface area contributed by atoms with Gasteiger partial charge in [-0.05, 0) is 30.0 Å². The molecule has 42 heavy (non-hydrogen) atoms. The van der Waals surface area contributed by atoms with Crippen LogP contribution in [0.3, 0.4) is 0 Å². The van der Waals surface area contributed by atoms with Crippen molar-refractivity contribution >= 4 is 22.9 Å². The molecule has 0 radical (unpaired) electrons. The van der Waals surface area contributed by atoms with E-state index in [1.165, 1.54) is 25.7 Å². The number of anilines is 2. The molecule has 10 nitrogen and oxygen atoms in total. The van der Waals surface area contributed by atoms with Gasteiger partial charge in [-0.3, -0.25) is 4.90 Å². The third kappa shape index (κ3) is 6.35. The summed E-state index contributed by atoms with van der Waals surface area (Å²) in [6.07, 6.45) is 6.80. The number of ether oxygens (including phenoxy) is 2. The van der Waals surface area contributed by atoms with E-state index in [0.29, 0.717) is 25.8 Å². The fourth-order valence-corrected chi connectivity index (χ4v) is 6.02. The lowest BCUT2D eigenvalue weighted by molar-refractivity contribution is 0.0724. The van der Waals surface area contributed by atoms with E-state index >= 15 is 0 Å². The second-order valence-electron chi connectivity index (χ2n) is 11.0. The van der Waals surface area contributed by atoms with Gasteiger partial charge in [-0.2, -0.15) is 9.97 Å². The molecule has 10 heteroatoms. The van der Waals surface area contributed by atoms with Crippen LogP contribution in [0, 0.1) is 0 Å². The molecule has 0 atom stereocenters. The molecule has 2 N–H and O–H groups in total. The van der Waals surface area contributed by atoms with Crippen LogP contribution in [0.5, 0.6) is 5.75 Å². The maximum atomic E-state index is 8.93. The highest BCUT2D eigenvalue weighted by molar-refractivity contribution is 5.84. The van der Waals surface area contributed by atoms with E-state index in [4.69, 9.17) is 29.5 Å². The second kappa shape index (κ2) is 13.5. The summed E-state index contributed by atoms with van der Waals surface area (Å²) in [5.74, 6) is 2.40. The van der Waals surface area contributed by atoms with Gasteiger partial charge in [0.05, 0.1) is 33.3 Å². The van der Waals surface area contributed by atoms with Crippen LogP contribution in [-0.2, 0) is 11.3 Å². The number of nitrogens with one attached hydrogen (secondary N) is 1. The molecule has 1 saturated carbocycles. The summed E-state index contributed by atoms with van der Waals surface area (Å²) < 4.78 is 13.3. The normalized spacial score (nSPS) is 16.4. The van der Waals surface area contributed by atoms with E-state index in [2.05, 4.69) is 50.0 Å². The number of hydrogen-bond donors (Lipinski definition) is 2. The smallest absolute Gasteiger partial charge is 0.229 e. The van der Waals surface area contributed by atoms with Crippen molar-refractivity contribution in [2.24, 2.45) is 0 Å². The van der Waals surface area contributed by atoms with Crippen molar-refractivity contribution in [2.45, 2.75) is 38.3 Å². The Hall–Kier alpha value is -3.73. The summed E-state index contributed by atoms with van der Waals surface area (Å²) in [5.41, 5.74) is 5.11. The van der Waals surface area contributed by atoms with Gasteiger partial charge >= 0.3 is 0 Å². The van der Waals surface area contributed by atoms with Crippen molar-refractivity contribution in [3.05, 3.63) is 60.4 Å². The SMILES string of the molecule is COc1ccccc1-c1ccc(CNc2nc(N3CCN(CCOCCO)CC3)nc3c2ncn3C2CCCC2)cc1. The number of methoxy groups -OCH3 is 1. The van der Waals surface area contributed by atoms with Crippen molar-refractivity contribution in [2.75, 3.05) is 69.9 Å². The highest BCUT2D eigenvalue weighted by atomic mass is 16.5. The number of para-hydroxylation sites is 1. The lowest BCUT2D eigenvalue weighted by atomic mass is 10.0. The van der Waals surface area contributed by atoms with Crippen LogP contribution in [0.2, 0.25) is 0 Å². The molecule has 2 aromatic carbocycles. The molecular formula is C32H41N7O3. The predicted molar refractivity (Wildman–Crippen MR) is 165 cm³/mol. The van der Waals surface area contributed by atoms with Gasteiger partial charge in [0.25, 0.3) is 0 Å². The minimum absolute atomic E-state index is 0.0651. The van der Waals surface area contributed by atoms with Crippen LogP contribution < -0.4 is 15.0 Å². The van der Waals surface area contributed by atoms with E-state index in [9.17, 15) is 0 Å². The molecule has 3 heterocycles. The average molecular weight is 572 g/mol. The van der Waals surface area contributed by atoms with E-state index in [-0.39, 0.29) is 6.61 Å². The summed E-state index contributed by atoms with van der Waals surface area (Å²) in [7, 11) is 1.71. The summed E-state index contributed by atoms with van der Waals surface area (Å²) in [6, 6.07) is 17.1. The molecule has 6 rings (SSSR count). The van der Waals surface area contributed by atoms with Gasteiger partial charge in [0.2, 0.25) is 5.95 Å². The molecule has 0 spiro atoms. The molecule has 222 valence electrons. The number of fused-ring (bicyclic) bond motifs is 1. The zero-order valence-electron chi connectivity index (χ0n) is 24.4. The molecule has 4 aromatic rings. The Kier molecular flexibility index (Phi) is 9.12. The van der Waals surface area contributed by atoms with Crippen molar-refractivity contribution in [1.29, 1.82) is 0 Å². The van der Waals surface area contributed by atoms with E-state index in [1.807, 2.05) is 24.5 Å². The average Bonchev–Trinajstić information content (AvgIpc) is 3.73. The molecule has 0 unspecified atom stereocenters. The largest absolute Gasteiger partial charge is 0.496 e. The number of imidazole rings is 1. The number of aliphatic hydroxyl groups is 1. The Bertz CT molecular complexity index is 1440. The maximum Gasteiger partial charge on any atom is 0.229 e. The van der Waals surface area contributed by atoms with Crippen molar-refractivity contribution < 1.29 is 14.6 Å². The van der Waals surface area contributed by atoms with Gasteiger partial charge in [-0.25, -0.2) is 4.98 Å². The van der Waals surface area contributed by atoms with Crippen molar-refractivity contribution in [1.82, 2.24) is 24.4 Å². The molecule has 0 amide bonds. The molecule has 2 aliphatic rings.